The summed E-state index contributed by atoms with van der Waals surface area (Å²) in [6.45, 7) is 3.69. The molecular formula is C17H25NO2. The third-order valence-corrected chi connectivity index (χ3v) is 4.32. The maximum absolute atomic E-state index is 5.85. The van der Waals surface area contributed by atoms with E-state index in [1.54, 1.807) is 7.11 Å². The standard InChI is InChI=1S/C17H25NO2/c1-12-3-8-15(16(11-12)19-2)20-10-9-18-17(13-4-5-13)14-6-7-14/h3,8,11,13-14,17-18H,4-7,9-10H2,1-2H3. The molecule has 3 heteroatoms. The van der Waals surface area contributed by atoms with Gasteiger partial charge in [0.05, 0.1) is 7.11 Å². The fourth-order valence-electron chi connectivity index (χ4n) is 2.91. The molecule has 0 amide bonds. The van der Waals surface area contributed by atoms with E-state index in [1.165, 1.54) is 31.2 Å². The van der Waals surface area contributed by atoms with Crippen LogP contribution in [0.1, 0.15) is 31.2 Å². The molecule has 0 radical (unpaired) electrons. The Morgan fingerprint density at radius 1 is 1.15 bits per heavy atom. The largest absolute Gasteiger partial charge is 0.493 e. The van der Waals surface area contributed by atoms with Crippen molar-refractivity contribution in [3.05, 3.63) is 23.8 Å². The highest BCUT2D eigenvalue weighted by Crippen LogP contribution is 2.44. The highest BCUT2D eigenvalue weighted by molar-refractivity contribution is 5.42. The Hall–Kier alpha value is -1.22. The van der Waals surface area contributed by atoms with Crippen molar-refractivity contribution in [2.45, 2.75) is 38.6 Å². The van der Waals surface area contributed by atoms with Crippen LogP contribution in [0.25, 0.3) is 0 Å². The van der Waals surface area contributed by atoms with E-state index in [4.69, 9.17) is 9.47 Å². The first kappa shape index (κ1) is 13.7. The summed E-state index contributed by atoms with van der Waals surface area (Å²) in [4.78, 5) is 0. The Kier molecular flexibility index (Phi) is 4.16. The van der Waals surface area contributed by atoms with Crippen LogP contribution >= 0.6 is 0 Å². The van der Waals surface area contributed by atoms with Gasteiger partial charge in [0.2, 0.25) is 0 Å². The highest BCUT2D eigenvalue weighted by Gasteiger charge is 2.40. The van der Waals surface area contributed by atoms with Crippen molar-refractivity contribution >= 4 is 0 Å². The molecule has 20 heavy (non-hydrogen) atoms. The van der Waals surface area contributed by atoms with Crippen molar-refractivity contribution in [2.75, 3.05) is 20.3 Å². The Morgan fingerprint density at radius 2 is 1.85 bits per heavy atom. The SMILES string of the molecule is COc1cc(C)ccc1OCCNC(C1CC1)C1CC1. The van der Waals surface area contributed by atoms with E-state index in [-0.39, 0.29) is 0 Å². The van der Waals surface area contributed by atoms with Gasteiger partial charge < -0.3 is 14.8 Å². The van der Waals surface area contributed by atoms with Crippen LogP contribution < -0.4 is 14.8 Å². The van der Waals surface area contributed by atoms with E-state index < -0.39 is 0 Å². The van der Waals surface area contributed by atoms with Crippen molar-refractivity contribution in [1.29, 1.82) is 0 Å². The number of aryl methyl sites for hydroxylation is 1. The minimum absolute atomic E-state index is 0.704. The lowest BCUT2D eigenvalue weighted by Gasteiger charge is -2.18. The number of rotatable bonds is 8. The van der Waals surface area contributed by atoms with Gasteiger partial charge in [0.25, 0.3) is 0 Å². The third kappa shape index (κ3) is 3.45. The Morgan fingerprint density at radius 3 is 2.45 bits per heavy atom. The first-order valence-electron chi connectivity index (χ1n) is 7.79. The van der Waals surface area contributed by atoms with Gasteiger partial charge in [-0.2, -0.15) is 0 Å². The summed E-state index contributed by atoms with van der Waals surface area (Å²) < 4.78 is 11.2. The topological polar surface area (TPSA) is 30.5 Å². The molecule has 3 nitrogen and oxygen atoms in total. The van der Waals surface area contributed by atoms with Gasteiger partial charge in [-0.05, 0) is 62.1 Å². The van der Waals surface area contributed by atoms with Crippen LogP contribution in [0.15, 0.2) is 18.2 Å². The second-order valence-electron chi connectivity index (χ2n) is 6.16. The van der Waals surface area contributed by atoms with Gasteiger partial charge in [0.1, 0.15) is 6.61 Å². The molecule has 1 N–H and O–H groups in total. The third-order valence-electron chi connectivity index (χ3n) is 4.32. The van der Waals surface area contributed by atoms with E-state index in [9.17, 15) is 0 Å². The van der Waals surface area contributed by atoms with E-state index in [0.29, 0.717) is 6.61 Å². The molecule has 2 saturated carbocycles. The fourth-order valence-corrected chi connectivity index (χ4v) is 2.91. The first-order valence-corrected chi connectivity index (χ1v) is 7.79. The van der Waals surface area contributed by atoms with Crippen LogP contribution in [0.2, 0.25) is 0 Å². The zero-order chi connectivity index (χ0) is 13.9. The molecule has 0 atom stereocenters. The van der Waals surface area contributed by atoms with Gasteiger partial charge in [0.15, 0.2) is 11.5 Å². The second-order valence-corrected chi connectivity index (χ2v) is 6.16. The first-order chi connectivity index (χ1) is 9.78. The smallest absolute Gasteiger partial charge is 0.161 e. The van der Waals surface area contributed by atoms with Crippen molar-refractivity contribution in [3.63, 3.8) is 0 Å². The molecule has 2 aliphatic rings. The van der Waals surface area contributed by atoms with Gasteiger partial charge in [-0.1, -0.05) is 6.07 Å². The lowest BCUT2D eigenvalue weighted by molar-refractivity contribution is 0.278. The molecule has 1 aromatic carbocycles. The molecule has 0 heterocycles. The molecule has 2 aliphatic carbocycles. The molecule has 0 saturated heterocycles. The average Bonchev–Trinajstić information content (AvgIpc) is 3.32. The molecule has 3 rings (SSSR count). The van der Waals surface area contributed by atoms with Gasteiger partial charge >= 0.3 is 0 Å². The summed E-state index contributed by atoms with van der Waals surface area (Å²) in [6.07, 6.45) is 5.67. The Balaban J connectivity index is 1.45. The maximum atomic E-state index is 5.85. The summed E-state index contributed by atoms with van der Waals surface area (Å²) in [7, 11) is 1.69. The number of hydrogen-bond donors (Lipinski definition) is 1. The molecule has 0 spiro atoms. The predicted octanol–water partition coefficient (Wildman–Crippen LogP) is 3.16. The molecule has 0 aliphatic heterocycles. The molecular weight excluding hydrogens is 250 g/mol. The lowest BCUT2D eigenvalue weighted by atomic mass is 10.1. The minimum Gasteiger partial charge on any atom is -0.493 e. The summed E-state index contributed by atoms with van der Waals surface area (Å²) in [6, 6.07) is 6.81. The molecule has 2 fully saturated rings. The van der Waals surface area contributed by atoms with Crippen molar-refractivity contribution < 1.29 is 9.47 Å². The number of ether oxygens (including phenoxy) is 2. The van der Waals surface area contributed by atoms with Crippen LogP contribution in [-0.2, 0) is 0 Å². The monoisotopic (exact) mass is 275 g/mol. The Labute approximate surface area is 121 Å². The number of methoxy groups -OCH3 is 1. The van der Waals surface area contributed by atoms with Crippen molar-refractivity contribution in [3.8, 4) is 11.5 Å². The van der Waals surface area contributed by atoms with E-state index in [2.05, 4.69) is 18.3 Å². The Bertz CT molecular complexity index is 440. The second kappa shape index (κ2) is 6.04. The molecule has 1 aromatic rings. The lowest BCUT2D eigenvalue weighted by Crippen LogP contribution is -2.36. The van der Waals surface area contributed by atoms with Crippen molar-refractivity contribution in [2.24, 2.45) is 11.8 Å². The van der Waals surface area contributed by atoms with Crippen LogP contribution in [0.3, 0.4) is 0 Å². The van der Waals surface area contributed by atoms with Gasteiger partial charge in [-0.15, -0.1) is 0 Å². The van der Waals surface area contributed by atoms with Gasteiger partial charge in [-0.3, -0.25) is 0 Å². The van der Waals surface area contributed by atoms with Crippen LogP contribution in [0, 0.1) is 18.8 Å². The zero-order valence-electron chi connectivity index (χ0n) is 12.5. The normalized spacial score (nSPS) is 18.4. The molecule has 0 unspecified atom stereocenters. The van der Waals surface area contributed by atoms with Crippen LogP contribution in [-0.4, -0.2) is 26.3 Å². The number of nitrogens with one attached hydrogen (secondary N) is 1. The highest BCUT2D eigenvalue weighted by atomic mass is 16.5. The summed E-state index contributed by atoms with van der Waals surface area (Å²) in [5.74, 6) is 3.55. The number of hydrogen-bond acceptors (Lipinski definition) is 3. The van der Waals surface area contributed by atoms with Crippen molar-refractivity contribution in [1.82, 2.24) is 5.32 Å². The maximum Gasteiger partial charge on any atom is 0.161 e. The summed E-state index contributed by atoms with van der Waals surface area (Å²) >= 11 is 0. The molecule has 0 bridgehead atoms. The molecule has 110 valence electrons. The average molecular weight is 275 g/mol. The van der Waals surface area contributed by atoms with E-state index in [0.717, 1.165) is 35.9 Å². The summed E-state index contributed by atoms with van der Waals surface area (Å²) in [5, 5.41) is 3.70. The van der Waals surface area contributed by atoms with E-state index >= 15 is 0 Å². The van der Waals surface area contributed by atoms with Gasteiger partial charge in [0, 0.05) is 12.6 Å². The van der Waals surface area contributed by atoms with Crippen LogP contribution in [0.5, 0.6) is 11.5 Å². The quantitative estimate of drug-likeness (QED) is 0.739. The number of benzene rings is 1. The van der Waals surface area contributed by atoms with Crippen LogP contribution in [0.4, 0.5) is 0 Å². The van der Waals surface area contributed by atoms with Gasteiger partial charge in [-0.25, -0.2) is 0 Å². The minimum atomic E-state index is 0.704. The van der Waals surface area contributed by atoms with E-state index in [1.807, 2.05) is 12.1 Å². The molecule has 0 aromatic heterocycles. The summed E-state index contributed by atoms with van der Waals surface area (Å²) in [5.41, 5.74) is 1.19. The fraction of sp³-hybridized carbons (Fsp3) is 0.647. The predicted molar refractivity (Wildman–Crippen MR) is 80.5 cm³/mol. The zero-order valence-corrected chi connectivity index (χ0v) is 12.5.